The zero-order valence-electron chi connectivity index (χ0n) is 25.1. The molecule has 5 N–H and O–H groups in total. The van der Waals surface area contributed by atoms with Crippen molar-refractivity contribution >= 4 is 53.7 Å². The molecule has 0 spiro atoms. The molecule has 1 unspecified atom stereocenters. The van der Waals surface area contributed by atoms with Crippen molar-refractivity contribution in [2.75, 3.05) is 4.90 Å². The Kier molecular flexibility index (Phi) is 12.2. The van der Waals surface area contributed by atoms with E-state index in [1.807, 2.05) is 0 Å². The fourth-order valence-corrected chi connectivity index (χ4v) is 4.69. The number of ether oxygens (including phenoxy) is 2. The van der Waals surface area contributed by atoms with Crippen LogP contribution >= 0.6 is 12.4 Å². The van der Waals surface area contributed by atoms with Gasteiger partial charge in [-0.05, 0) is 57.9 Å². The molecule has 1 heterocycles. The number of Topliss-reactive ketones (excluding diaryl/α,β-unsaturated/α-hetero) is 1. The van der Waals surface area contributed by atoms with Crippen LogP contribution in [0.5, 0.6) is 0 Å². The number of halogens is 1. The number of urea groups is 1. The molecule has 44 heavy (non-hydrogen) atoms. The molecule has 1 saturated heterocycles. The van der Waals surface area contributed by atoms with Gasteiger partial charge in [0, 0.05) is 12.2 Å². The topological polar surface area (TPSA) is 191 Å². The third-order valence-corrected chi connectivity index (χ3v) is 6.56. The Balaban J connectivity index is 0.00000675. The predicted octanol–water partition coefficient (Wildman–Crippen LogP) is 2.10. The lowest BCUT2D eigenvalue weighted by atomic mass is 9.96. The molecule has 0 bridgehead atoms. The number of anilines is 1. The van der Waals surface area contributed by atoms with Crippen LogP contribution in [0.1, 0.15) is 58.2 Å². The average Bonchev–Trinajstić information content (AvgIpc) is 3.24. The van der Waals surface area contributed by atoms with Gasteiger partial charge >= 0.3 is 18.0 Å². The fraction of sp³-hybridized carbons (Fsp3) is 0.400. The summed E-state index contributed by atoms with van der Waals surface area (Å²) in [6, 6.07) is 9.82. The number of nitrogens with one attached hydrogen (secondary N) is 1. The molecule has 3 rings (SSSR count). The van der Waals surface area contributed by atoms with E-state index in [0.717, 1.165) is 12.5 Å². The molecule has 0 aliphatic carbocycles. The monoisotopic (exact) mass is 631 g/mol. The highest BCUT2D eigenvalue weighted by Crippen LogP contribution is 2.37. The molecule has 14 heteroatoms. The average molecular weight is 632 g/mol. The Morgan fingerprint density at radius 2 is 1.52 bits per heavy atom. The van der Waals surface area contributed by atoms with Crippen molar-refractivity contribution in [2.24, 2.45) is 11.5 Å². The zero-order chi connectivity index (χ0) is 32.1. The first kappa shape index (κ1) is 35.9. The highest BCUT2D eigenvalue weighted by Gasteiger charge is 2.65. The maximum absolute atomic E-state index is 14.2. The number of hydrogen-bond acceptors (Lipinski definition) is 10. The van der Waals surface area contributed by atoms with E-state index >= 15 is 0 Å². The van der Waals surface area contributed by atoms with Crippen LogP contribution in [0.15, 0.2) is 54.6 Å². The van der Waals surface area contributed by atoms with Crippen LogP contribution in [0, 0.1) is 0 Å². The summed E-state index contributed by atoms with van der Waals surface area (Å²) in [7, 11) is 0. The number of nitrogens with two attached hydrogens (primary N) is 2. The Labute approximate surface area is 261 Å². The number of rotatable bonds is 12. The van der Waals surface area contributed by atoms with E-state index in [2.05, 4.69) is 5.32 Å². The minimum absolute atomic E-state index is 0. The number of carbonyl (C=O) groups is 6. The molecule has 1 aliphatic heterocycles. The molecule has 13 nitrogen and oxygen atoms in total. The Hall–Kier alpha value is -4.33. The summed E-state index contributed by atoms with van der Waals surface area (Å²) >= 11 is 0. The first-order valence-corrected chi connectivity index (χ1v) is 13.7. The molecule has 1 fully saturated rings. The minimum Gasteiger partial charge on any atom is -0.463 e. The van der Waals surface area contributed by atoms with Gasteiger partial charge in [-0.25, -0.2) is 14.5 Å². The second-order valence-corrected chi connectivity index (χ2v) is 10.5. The third kappa shape index (κ3) is 7.24. The summed E-state index contributed by atoms with van der Waals surface area (Å²) in [6.07, 6.45) is -1.95. The van der Waals surface area contributed by atoms with Crippen molar-refractivity contribution in [3.05, 3.63) is 65.7 Å². The lowest BCUT2D eigenvalue weighted by molar-refractivity contribution is -0.168. The normalized spacial score (nSPS) is 16.5. The largest absolute Gasteiger partial charge is 0.463 e. The predicted molar refractivity (Wildman–Crippen MR) is 162 cm³/mol. The molecular formula is C30H38ClN5O8. The molecule has 2 aromatic carbocycles. The quantitative estimate of drug-likeness (QED) is 0.177. The van der Waals surface area contributed by atoms with Gasteiger partial charge in [0.2, 0.25) is 5.91 Å². The number of benzene rings is 2. The Morgan fingerprint density at radius 3 is 2.02 bits per heavy atom. The molecule has 0 saturated carbocycles. The summed E-state index contributed by atoms with van der Waals surface area (Å²) in [5, 5.41) is 2.51. The van der Waals surface area contributed by atoms with E-state index in [4.69, 9.17) is 20.9 Å². The van der Waals surface area contributed by atoms with Crippen molar-refractivity contribution in [1.29, 1.82) is 0 Å². The highest BCUT2D eigenvalue weighted by molar-refractivity contribution is 6.23. The smallest absolute Gasteiger partial charge is 0.362 e. The van der Waals surface area contributed by atoms with Gasteiger partial charge in [0.15, 0.2) is 5.78 Å². The molecule has 238 valence electrons. The van der Waals surface area contributed by atoms with Crippen molar-refractivity contribution < 1.29 is 38.2 Å². The highest BCUT2D eigenvalue weighted by atomic mass is 35.5. The number of nitrogens with zero attached hydrogens (tertiary/aromatic N) is 2. The summed E-state index contributed by atoms with van der Waals surface area (Å²) < 4.78 is 10.6. The van der Waals surface area contributed by atoms with Crippen LogP contribution in [0.3, 0.4) is 0 Å². The number of imide groups is 1. The van der Waals surface area contributed by atoms with Crippen LogP contribution in [0.25, 0.3) is 0 Å². The molecule has 3 atom stereocenters. The van der Waals surface area contributed by atoms with E-state index in [0.29, 0.717) is 15.4 Å². The van der Waals surface area contributed by atoms with Gasteiger partial charge in [-0.3, -0.25) is 24.1 Å². The molecule has 0 aromatic heterocycles. The molecule has 4 amide bonds. The number of carbonyl (C=O) groups excluding carboxylic acids is 6. The van der Waals surface area contributed by atoms with Crippen molar-refractivity contribution in [3.63, 3.8) is 0 Å². The lowest BCUT2D eigenvalue weighted by Crippen LogP contribution is -2.74. The first-order chi connectivity index (χ1) is 20.2. The van der Waals surface area contributed by atoms with Crippen LogP contribution in [-0.4, -0.2) is 64.4 Å². The van der Waals surface area contributed by atoms with Gasteiger partial charge in [-0.15, -0.1) is 12.4 Å². The van der Waals surface area contributed by atoms with Gasteiger partial charge in [0.25, 0.3) is 11.6 Å². The number of amides is 4. The lowest BCUT2D eigenvalue weighted by Gasteiger charge is -2.44. The van der Waals surface area contributed by atoms with Gasteiger partial charge in [0.1, 0.15) is 6.04 Å². The van der Waals surface area contributed by atoms with E-state index < -0.39 is 71.9 Å². The number of ketones is 1. The van der Waals surface area contributed by atoms with Crippen molar-refractivity contribution in [2.45, 2.75) is 77.5 Å². The standard InChI is InChI=1S/C30H37N5O8.ClH/c1-17(2)42-24(37)15-23(32)26(38)34(22-9-7-6-8-10-22)30(19(5)36,28(40)43-18(3)4)35-27(39)25(33-29(35)41)21-13-11-20(16-31)12-14-21;/h6-14,17-18,23,25H,15-16,31-32H2,1-5H3,(H,33,41);1H/t23-,25?,30+;/m0./s1. The SMILES string of the molecule is CC(=O)[C@](C(=O)OC(C)C)(N1C(=O)NC(c2ccc(CN)cc2)C1=O)N(C(=O)[C@@H](N)CC(=O)OC(C)C)c1ccccc1.Cl. The number of esters is 2. The molecular weight excluding hydrogens is 594 g/mol. The maximum Gasteiger partial charge on any atom is 0.362 e. The molecule has 0 radical (unpaired) electrons. The van der Waals surface area contributed by atoms with Gasteiger partial charge in [0.05, 0.1) is 24.7 Å². The Bertz CT molecular complexity index is 1390. The fourth-order valence-electron chi connectivity index (χ4n) is 4.69. The van der Waals surface area contributed by atoms with Crippen LogP contribution in [-0.2, 0) is 40.0 Å². The molecule has 2 aromatic rings. The van der Waals surface area contributed by atoms with Crippen molar-refractivity contribution in [3.8, 4) is 0 Å². The summed E-state index contributed by atoms with van der Waals surface area (Å²) in [4.78, 5) is 83.2. The summed E-state index contributed by atoms with van der Waals surface area (Å²) in [5.41, 5.74) is 9.92. The van der Waals surface area contributed by atoms with E-state index in [1.54, 1.807) is 44.2 Å². The van der Waals surface area contributed by atoms with E-state index in [1.165, 1.54) is 38.1 Å². The summed E-state index contributed by atoms with van der Waals surface area (Å²) in [5.74, 6) is -5.37. The van der Waals surface area contributed by atoms with Gasteiger partial charge in [-0.1, -0.05) is 42.5 Å². The van der Waals surface area contributed by atoms with Crippen LogP contribution in [0.4, 0.5) is 10.5 Å². The van der Waals surface area contributed by atoms with E-state index in [-0.39, 0.29) is 24.6 Å². The molecule has 1 aliphatic rings. The van der Waals surface area contributed by atoms with Crippen LogP contribution < -0.4 is 21.7 Å². The summed E-state index contributed by atoms with van der Waals surface area (Å²) in [6.45, 7) is 7.42. The third-order valence-electron chi connectivity index (χ3n) is 6.56. The first-order valence-electron chi connectivity index (χ1n) is 13.7. The van der Waals surface area contributed by atoms with Gasteiger partial charge < -0.3 is 26.3 Å². The number of para-hydroxylation sites is 1. The number of hydrogen-bond donors (Lipinski definition) is 3. The second kappa shape index (κ2) is 14.9. The van der Waals surface area contributed by atoms with E-state index in [9.17, 15) is 28.8 Å². The van der Waals surface area contributed by atoms with Gasteiger partial charge in [-0.2, -0.15) is 0 Å². The second-order valence-electron chi connectivity index (χ2n) is 10.5. The van der Waals surface area contributed by atoms with Crippen LogP contribution in [0.2, 0.25) is 0 Å². The Morgan fingerprint density at radius 1 is 0.955 bits per heavy atom. The van der Waals surface area contributed by atoms with Crippen molar-refractivity contribution in [1.82, 2.24) is 10.2 Å². The zero-order valence-corrected chi connectivity index (χ0v) is 26.0. The maximum atomic E-state index is 14.2. The minimum atomic E-state index is -2.98.